The summed E-state index contributed by atoms with van der Waals surface area (Å²) in [4.78, 5) is 41.4. The van der Waals surface area contributed by atoms with Crippen molar-refractivity contribution in [1.82, 2.24) is 15.5 Å². The highest BCUT2D eigenvalue weighted by Crippen LogP contribution is 2.33. The van der Waals surface area contributed by atoms with Crippen molar-refractivity contribution in [1.29, 1.82) is 0 Å². The Kier molecular flexibility index (Phi) is 9.58. The van der Waals surface area contributed by atoms with Gasteiger partial charge in [0.15, 0.2) is 17.3 Å². The van der Waals surface area contributed by atoms with Crippen LogP contribution in [0.5, 0.6) is 11.5 Å². The van der Waals surface area contributed by atoms with Gasteiger partial charge in [0.2, 0.25) is 11.8 Å². The molecule has 0 unspecified atom stereocenters. The van der Waals surface area contributed by atoms with Gasteiger partial charge in [-0.15, -0.1) is 0 Å². The first-order chi connectivity index (χ1) is 19.0. The Morgan fingerprint density at radius 1 is 1.00 bits per heavy atom. The van der Waals surface area contributed by atoms with Crippen molar-refractivity contribution < 1.29 is 33.0 Å². The number of amides is 3. The highest BCUT2D eigenvalue weighted by atomic mass is 16.5. The first-order valence-corrected chi connectivity index (χ1v) is 12.8. The molecule has 0 aliphatic carbocycles. The molecule has 1 saturated heterocycles. The lowest BCUT2D eigenvalue weighted by atomic mass is 10.0. The molecule has 3 amide bonds. The van der Waals surface area contributed by atoms with E-state index in [1.165, 1.54) is 31.4 Å². The minimum atomic E-state index is -1.03. The van der Waals surface area contributed by atoms with Crippen LogP contribution in [-0.4, -0.2) is 62.6 Å². The summed E-state index contributed by atoms with van der Waals surface area (Å²) in [6.45, 7) is 0.774. The van der Waals surface area contributed by atoms with Gasteiger partial charge < -0.3 is 34.2 Å². The molecule has 0 radical (unpaired) electrons. The summed E-state index contributed by atoms with van der Waals surface area (Å²) < 4.78 is 21.6. The van der Waals surface area contributed by atoms with Crippen LogP contribution in [0, 0.1) is 0 Å². The average Bonchev–Trinajstić information content (AvgIpc) is 3.70. The summed E-state index contributed by atoms with van der Waals surface area (Å²) in [7, 11) is 3.03. The lowest BCUT2D eigenvalue weighted by molar-refractivity contribution is -0.141. The third kappa shape index (κ3) is 7.17. The molecule has 10 heteroatoms. The molecule has 2 atom stereocenters. The molecule has 3 aromatic rings. The van der Waals surface area contributed by atoms with Crippen molar-refractivity contribution in [3.63, 3.8) is 0 Å². The number of furan rings is 1. The number of hydrogen-bond donors (Lipinski definition) is 2. The number of carbonyl (C=O) groups is 3. The summed E-state index contributed by atoms with van der Waals surface area (Å²) >= 11 is 0. The molecule has 1 fully saturated rings. The van der Waals surface area contributed by atoms with Gasteiger partial charge in [-0.3, -0.25) is 14.4 Å². The lowest BCUT2D eigenvalue weighted by Crippen LogP contribution is -2.48. The number of benzene rings is 2. The van der Waals surface area contributed by atoms with E-state index in [1.807, 2.05) is 30.3 Å². The SMILES string of the molecule is COc1ccc([C@@H](C(=O)NC[C@H]2CCCO2)N(Cc2ccccc2)C(=O)CNC(=O)c2ccco2)cc1OC. The van der Waals surface area contributed by atoms with E-state index in [0.717, 1.165) is 18.4 Å². The van der Waals surface area contributed by atoms with Crippen LogP contribution in [0.4, 0.5) is 0 Å². The third-order valence-corrected chi connectivity index (χ3v) is 6.47. The van der Waals surface area contributed by atoms with Gasteiger partial charge in [-0.25, -0.2) is 0 Å². The second-order valence-corrected chi connectivity index (χ2v) is 9.06. The maximum Gasteiger partial charge on any atom is 0.287 e. The van der Waals surface area contributed by atoms with Gasteiger partial charge in [0.1, 0.15) is 6.04 Å². The minimum Gasteiger partial charge on any atom is -0.493 e. The van der Waals surface area contributed by atoms with Crippen LogP contribution in [0.25, 0.3) is 0 Å². The van der Waals surface area contributed by atoms with E-state index < -0.39 is 17.9 Å². The topological polar surface area (TPSA) is 119 Å². The van der Waals surface area contributed by atoms with E-state index in [1.54, 1.807) is 24.3 Å². The molecular weight excluding hydrogens is 502 g/mol. The Balaban J connectivity index is 1.66. The molecular formula is C29H33N3O7. The van der Waals surface area contributed by atoms with E-state index >= 15 is 0 Å². The number of rotatable bonds is 12. The van der Waals surface area contributed by atoms with Gasteiger partial charge in [0, 0.05) is 19.7 Å². The predicted molar refractivity (Wildman–Crippen MR) is 142 cm³/mol. The third-order valence-electron chi connectivity index (χ3n) is 6.47. The molecule has 1 aromatic heterocycles. The zero-order valence-electron chi connectivity index (χ0n) is 22.1. The van der Waals surface area contributed by atoms with Gasteiger partial charge in [0.05, 0.1) is 33.1 Å². The molecule has 39 heavy (non-hydrogen) atoms. The molecule has 0 saturated carbocycles. The standard InChI is InChI=1S/C29H33N3O7/c1-36-23-13-12-21(16-25(23)37-2)27(29(35)30-17-22-10-6-14-38-22)32(19-20-8-4-3-5-9-20)26(33)18-31-28(34)24-11-7-15-39-24/h3-5,7-9,11-13,15-16,22,27H,6,10,14,17-19H2,1-2H3,(H,30,35)(H,31,34)/t22-,27+/m1/s1. The number of nitrogens with one attached hydrogen (secondary N) is 2. The van der Waals surface area contributed by atoms with Crippen LogP contribution in [-0.2, 0) is 20.9 Å². The van der Waals surface area contributed by atoms with Crippen LogP contribution in [0.15, 0.2) is 71.3 Å². The second kappa shape index (κ2) is 13.5. The first-order valence-electron chi connectivity index (χ1n) is 12.8. The molecule has 4 rings (SSSR count). The Morgan fingerprint density at radius 2 is 1.79 bits per heavy atom. The maximum atomic E-state index is 13.8. The molecule has 2 N–H and O–H groups in total. The number of nitrogens with zero attached hydrogens (tertiary/aromatic N) is 1. The van der Waals surface area contributed by atoms with Crippen molar-refractivity contribution in [3.8, 4) is 11.5 Å². The van der Waals surface area contributed by atoms with Crippen LogP contribution in [0.3, 0.4) is 0 Å². The average molecular weight is 536 g/mol. The van der Waals surface area contributed by atoms with Gasteiger partial charge in [-0.05, 0) is 48.2 Å². The Morgan fingerprint density at radius 3 is 2.46 bits per heavy atom. The molecule has 206 valence electrons. The Hall–Kier alpha value is -4.31. The quantitative estimate of drug-likeness (QED) is 0.366. The number of carbonyl (C=O) groups excluding carboxylic acids is 3. The summed E-state index contributed by atoms with van der Waals surface area (Å²) in [5.74, 6) is -0.358. The fourth-order valence-electron chi connectivity index (χ4n) is 4.47. The molecule has 1 aliphatic heterocycles. The monoisotopic (exact) mass is 535 g/mol. The zero-order valence-corrected chi connectivity index (χ0v) is 22.1. The van der Waals surface area contributed by atoms with Gasteiger partial charge in [0.25, 0.3) is 5.91 Å². The van der Waals surface area contributed by atoms with Gasteiger partial charge in [-0.1, -0.05) is 36.4 Å². The fourth-order valence-corrected chi connectivity index (χ4v) is 4.47. The van der Waals surface area contributed by atoms with Crippen LogP contribution in [0.2, 0.25) is 0 Å². The summed E-state index contributed by atoms with van der Waals surface area (Å²) in [6, 6.07) is 16.5. The number of methoxy groups -OCH3 is 2. The number of ether oxygens (including phenoxy) is 3. The molecule has 10 nitrogen and oxygen atoms in total. The molecule has 1 aliphatic rings. The van der Waals surface area contributed by atoms with E-state index in [4.69, 9.17) is 18.6 Å². The largest absolute Gasteiger partial charge is 0.493 e. The normalized spacial score (nSPS) is 15.3. The second-order valence-electron chi connectivity index (χ2n) is 9.06. The van der Waals surface area contributed by atoms with E-state index in [-0.39, 0.29) is 30.9 Å². The Bertz CT molecular complexity index is 1240. The Labute approximate surface area is 227 Å². The first kappa shape index (κ1) is 27.7. The summed E-state index contributed by atoms with van der Waals surface area (Å²) in [5.41, 5.74) is 1.35. The maximum absolute atomic E-state index is 13.8. The number of hydrogen-bond acceptors (Lipinski definition) is 7. The van der Waals surface area contributed by atoms with E-state index in [0.29, 0.717) is 30.2 Å². The highest BCUT2D eigenvalue weighted by molar-refractivity contribution is 5.95. The highest BCUT2D eigenvalue weighted by Gasteiger charge is 2.33. The van der Waals surface area contributed by atoms with Gasteiger partial charge >= 0.3 is 0 Å². The summed E-state index contributed by atoms with van der Waals surface area (Å²) in [6.07, 6.45) is 3.09. The van der Waals surface area contributed by atoms with Crippen molar-refractivity contribution in [3.05, 3.63) is 83.8 Å². The molecule has 0 spiro atoms. The predicted octanol–water partition coefficient (Wildman–Crippen LogP) is 3.09. The molecule has 2 heterocycles. The fraction of sp³-hybridized carbons (Fsp3) is 0.345. The van der Waals surface area contributed by atoms with Crippen LogP contribution in [0.1, 0.15) is 40.6 Å². The van der Waals surface area contributed by atoms with E-state index in [2.05, 4.69) is 10.6 Å². The molecule has 0 bridgehead atoms. The van der Waals surface area contributed by atoms with Crippen molar-refractivity contribution in [2.45, 2.75) is 31.5 Å². The van der Waals surface area contributed by atoms with Crippen molar-refractivity contribution in [2.75, 3.05) is 33.9 Å². The zero-order chi connectivity index (χ0) is 27.6. The van der Waals surface area contributed by atoms with Crippen molar-refractivity contribution in [2.24, 2.45) is 0 Å². The molecule has 2 aromatic carbocycles. The van der Waals surface area contributed by atoms with Crippen LogP contribution >= 0.6 is 0 Å². The van der Waals surface area contributed by atoms with Crippen LogP contribution < -0.4 is 20.1 Å². The lowest BCUT2D eigenvalue weighted by Gasteiger charge is -2.32. The smallest absolute Gasteiger partial charge is 0.287 e. The minimum absolute atomic E-state index is 0.0779. The van der Waals surface area contributed by atoms with E-state index in [9.17, 15) is 14.4 Å². The summed E-state index contributed by atoms with van der Waals surface area (Å²) in [5, 5.41) is 5.56. The van der Waals surface area contributed by atoms with Crippen molar-refractivity contribution >= 4 is 17.7 Å². The van der Waals surface area contributed by atoms with Gasteiger partial charge in [-0.2, -0.15) is 0 Å².